The molecule has 1 fully saturated rings. The Hall–Kier alpha value is -1.93. The van der Waals surface area contributed by atoms with Crippen molar-refractivity contribution in [1.29, 1.82) is 0 Å². The van der Waals surface area contributed by atoms with Crippen molar-refractivity contribution in [1.82, 2.24) is 9.21 Å². The third-order valence-corrected chi connectivity index (χ3v) is 6.45. The largest absolute Gasteiger partial charge is 0.481 e. The smallest absolute Gasteiger partial charge is 0.307 e. The van der Waals surface area contributed by atoms with Crippen LogP contribution in [-0.2, 0) is 14.8 Å². The SMILES string of the molecule is CC(C)N(C)C(=O)c1ccc(S(=O)(=O)N2CCC[C@@H](C(=O)O)C2)cc1. The molecule has 0 radical (unpaired) electrons. The van der Waals surface area contributed by atoms with Crippen molar-refractivity contribution < 1.29 is 23.1 Å². The molecule has 1 amide bonds. The third-order valence-electron chi connectivity index (χ3n) is 4.57. The maximum atomic E-state index is 12.7. The summed E-state index contributed by atoms with van der Waals surface area (Å²) >= 11 is 0. The summed E-state index contributed by atoms with van der Waals surface area (Å²) in [5, 5.41) is 9.12. The van der Waals surface area contributed by atoms with Crippen LogP contribution in [-0.4, -0.2) is 60.8 Å². The first-order valence-corrected chi connectivity index (χ1v) is 9.68. The highest BCUT2D eigenvalue weighted by Gasteiger charge is 2.33. The minimum Gasteiger partial charge on any atom is -0.481 e. The van der Waals surface area contributed by atoms with Gasteiger partial charge in [0.2, 0.25) is 10.0 Å². The van der Waals surface area contributed by atoms with E-state index in [1.807, 2.05) is 13.8 Å². The fraction of sp³-hybridized carbons (Fsp3) is 0.529. The average Bonchev–Trinajstić information content (AvgIpc) is 2.60. The topological polar surface area (TPSA) is 95.0 Å². The van der Waals surface area contributed by atoms with Gasteiger partial charge in [-0.3, -0.25) is 9.59 Å². The van der Waals surface area contributed by atoms with E-state index in [9.17, 15) is 18.0 Å². The molecular formula is C17H24N2O5S. The van der Waals surface area contributed by atoms with Gasteiger partial charge in [0.15, 0.2) is 0 Å². The van der Waals surface area contributed by atoms with E-state index in [4.69, 9.17) is 5.11 Å². The minimum absolute atomic E-state index is 0.0194. The first-order valence-electron chi connectivity index (χ1n) is 8.24. The lowest BCUT2D eigenvalue weighted by molar-refractivity contribution is -0.142. The van der Waals surface area contributed by atoms with Gasteiger partial charge in [0.25, 0.3) is 5.91 Å². The number of amides is 1. The van der Waals surface area contributed by atoms with Crippen molar-refractivity contribution in [3.63, 3.8) is 0 Å². The number of hydrogen-bond acceptors (Lipinski definition) is 4. The van der Waals surface area contributed by atoms with Crippen molar-refractivity contribution >= 4 is 21.9 Å². The van der Waals surface area contributed by atoms with Gasteiger partial charge in [-0.15, -0.1) is 0 Å². The zero-order valence-corrected chi connectivity index (χ0v) is 15.5. The second kappa shape index (κ2) is 7.53. The Morgan fingerprint density at radius 2 is 1.84 bits per heavy atom. The van der Waals surface area contributed by atoms with E-state index in [2.05, 4.69) is 0 Å². The highest BCUT2D eigenvalue weighted by molar-refractivity contribution is 7.89. The maximum Gasteiger partial charge on any atom is 0.307 e. The van der Waals surface area contributed by atoms with Gasteiger partial charge in [0, 0.05) is 31.7 Å². The average molecular weight is 368 g/mol. The maximum absolute atomic E-state index is 12.7. The van der Waals surface area contributed by atoms with E-state index in [1.165, 1.54) is 28.6 Å². The minimum atomic E-state index is -3.76. The van der Waals surface area contributed by atoms with Crippen molar-refractivity contribution in [3.05, 3.63) is 29.8 Å². The Morgan fingerprint density at radius 3 is 2.36 bits per heavy atom. The number of carboxylic acid groups (broad SMARTS) is 1. The Bertz CT molecular complexity index is 743. The van der Waals surface area contributed by atoms with E-state index in [0.717, 1.165) is 0 Å². The molecule has 25 heavy (non-hydrogen) atoms. The number of nitrogens with zero attached hydrogens (tertiary/aromatic N) is 2. The fourth-order valence-corrected chi connectivity index (χ4v) is 4.24. The molecule has 8 heteroatoms. The van der Waals surface area contributed by atoms with Crippen LogP contribution in [0.15, 0.2) is 29.2 Å². The van der Waals surface area contributed by atoms with Crippen LogP contribution >= 0.6 is 0 Å². The Labute approximate surface area is 148 Å². The summed E-state index contributed by atoms with van der Waals surface area (Å²) < 4.78 is 26.6. The van der Waals surface area contributed by atoms with E-state index in [0.29, 0.717) is 24.9 Å². The Morgan fingerprint density at radius 1 is 1.24 bits per heavy atom. The fourth-order valence-electron chi connectivity index (χ4n) is 2.72. The zero-order valence-electron chi connectivity index (χ0n) is 14.7. The van der Waals surface area contributed by atoms with Gasteiger partial charge in [-0.1, -0.05) is 0 Å². The van der Waals surface area contributed by atoms with E-state index in [1.54, 1.807) is 11.9 Å². The molecule has 0 aromatic heterocycles. The summed E-state index contributed by atoms with van der Waals surface area (Å²) in [5.74, 6) is -1.83. The van der Waals surface area contributed by atoms with Gasteiger partial charge < -0.3 is 10.0 Å². The quantitative estimate of drug-likeness (QED) is 0.853. The Kier molecular flexibility index (Phi) is 5.84. The molecule has 138 valence electrons. The lowest BCUT2D eigenvalue weighted by Crippen LogP contribution is -2.42. The van der Waals surface area contributed by atoms with E-state index >= 15 is 0 Å². The summed E-state index contributed by atoms with van der Waals surface area (Å²) in [7, 11) is -2.07. The molecule has 0 aliphatic carbocycles. The molecule has 2 rings (SSSR count). The molecule has 1 heterocycles. The number of carbonyl (C=O) groups excluding carboxylic acids is 1. The predicted molar refractivity (Wildman–Crippen MR) is 92.8 cm³/mol. The molecule has 1 aliphatic heterocycles. The van der Waals surface area contributed by atoms with Gasteiger partial charge in [0.1, 0.15) is 0 Å². The van der Waals surface area contributed by atoms with Crippen LogP contribution in [0.1, 0.15) is 37.0 Å². The lowest BCUT2D eigenvalue weighted by atomic mass is 10.0. The normalized spacial score (nSPS) is 19.0. The molecule has 1 saturated heterocycles. The zero-order chi connectivity index (χ0) is 18.8. The first-order chi connectivity index (χ1) is 11.6. The van der Waals surface area contributed by atoms with Gasteiger partial charge in [-0.2, -0.15) is 4.31 Å². The molecule has 0 bridgehead atoms. The van der Waals surface area contributed by atoms with Crippen molar-refractivity contribution in [2.24, 2.45) is 5.92 Å². The number of carboxylic acids is 1. The molecule has 1 atom stereocenters. The van der Waals surface area contributed by atoms with E-state index in [-0.39, 0.29) is 23.4 Å². The second-order valence-corrected chi connectivity index (χ2v) is 8.51. The molecule has 0 unspecified atom stereocenters. The summed E-state index contributed by atoms with van der Waals surface area (Å²) in [6.07, 6.45) is 1.00. The van der Waals surface area contributed by atoms with Gasteiger partial charge in [-0.25, -0.2) is 8.42 Å². The standard InChI is InChI=1S/C17H24N2O5S/c1-12(2)18(3)16(20)13-6-8-15(9-7-13)25(23,24)19-10-4-5-14(11-19)17(21)22/h6-9,12,14H,4-5,10-11H2,1-3H3,(H,21,22)/t14-/m1/s1. The number of piperidine rings is 1. The number of sulfonamides is 1. The van der Waals surface area contributed by atoms with Gasteiger partial charge in [0.05, 0.1) is 10.8 Å². The van der Waals surface area contributed by atoms with Crippen molar-refractivity contribution in [3.8, 4) is 0 Å². The molecular weight excluding hydrogens is 344 g/mol. The molecule has 1 N–H and O–H groups in total. The summed E-state index contributed by atoms with van der Waals surface area (Å²) in [4.78, 5) is 25.1. The van der Waals surface area contributed by atoms with Crippen molar-refractivity contribution in [2.75, 3.05) is 20.1 Å². The first kappa shape index (κ1) is 19.4. The van der Waals surface area contributed by atoms with Crippen LogP contribution < -0.4 is 0 Å². The third kappa shape index (κ3) is 4.19. The van der Waals surface area contributed by atoms with Crippen LogP contribution in [0, 0.1) is 5.92 Å². The molecule has 1 aromatic rings. The number of hydrogen-bond donors (Lipinski definition) is 1. The van der Waals surface area contributed by atoms with Crippen molar-refractivity contribution in [2.45, 2.75) is 37.6 Å². The summed E-state index contributed by atoms with van der Waals surface area (Å²) in [6.45, 7) is 4.08. The highest BCUT2D eigenvalue weighted by atomic mass is 32.2. The number of aliphatic carboxylic acids is 1. The van der Waals surface area contributed by atoms with E-state index < -0.39 is 21.9 Å². The summed E-state index contributed by atoms with van der Waals surface area (Å²) in [5.41, 5.74) is 0.414. The Balaban J connectivity index is 2.20. The van der Waals surface area contributed by atoms with Crippen LogP contribution in [0.25, 0.3) is 0 Å². The molecule has 1 aliphatic rings. The van der Waals surface area contributed by atoms with Crippen LogP contribution in [0.3, 0.4) is 0 Å². The number of carbonyl (C=O) groups is 2. The number of benzene rings is 1. The van der Waals surface area contributed by atoms with Gasteiger partial charge in [-0.05, 0) is 51.0 Å². The molecule has 7 nitrogen and oxygen atoms in total. The summed E-state index contributed by atoms with van der Waals surface area (Å²) in [6, 6.07) is 5.83. The predicted octanol–water partition coefficient (Wildman–Crippen LogP) is 1.65. The highest BCUT2D eigenvalue weighted by Crippen LogP contribution is 2.24. The van der Waals surface area contributed by atoms with Crippen LogP contribution in [0.4, 0.5) is 0 Å². The van der Waals surface area contributed by atoms with Crippen LogP contribution in [0.5, 0.6) is 0 Å². The lowest BCUT2D eigenvalue weighted by Gasteiger charge is -2.29. The molecule has 0 saturated carbocycles. The van der Waals surface area contributed by atoms with Crippen LogP contribution in [0.2, 0.25) is 0 Å². The number of rotatable bonds is 5. The monoisotopic (exact) mass is 368 g/mol. The van der Waals surface area contributed by atoms with Gasteiger partial charge >= 0.3 is 5.97 Å². The second-order valence-electron chi connectivity index (χ2n) is 6.57. The molecule has 0 spiro atoms. The molecule has 1 aromatic carbocycles.